The maximum Gasteiger partial charge on any atom is 0.223 e. The highest BCUT2D eigenvalue weighted by molar-refractivity contribution is 8.05. The van der Waals surface area contributed by atoms with Crippen molar-refractivity contribution in [1.82, 2.24) is 4.98 Å². The maximum atomic E-state index is 6.15. The van der Waals surface area contributed by atoms with Gasteiger partial charge in [-0.15, -0.1) is 11.3 Å². The molecular formula is C28H22ClINPS2. The summed E-state index contributed by atoms with van der Waals surface area (Å²) in [5.74, 6) is 0. The number of halogens is 2. The number of aryl methyl sites for hydroxylation is 1. The van der Waals surface area contributed by atoms with E-state index >= 15 is 0 Å². The molecule has 0 spiro atoms. The third-order valence-corrected chi connectivity index (χ3v) is 12.3. The Bertz CT molecular complexity index is 1250. The number of thiazole rings is 1. The standard InChI is InChI=1S/C28H22ClNPS2.HI/c1-21-30-27(28(32-21)33-26-19-17-22(29)18-20-26)31(23-11-5-2-6-12-23,24-13-7-3-8-14-24)25-15-9-4-10-16-25;/h2-20H,1H3;1H/q+1;/p-1. The van der Waals surface area contributed by atoms with Gasteiger partial charge in [0.05, 0.1) is 5.01 Å². The molecule has 0 aliphatic carbocycles. The molecule has 0 saturated carbocycles. The van der Waals surface area contributed by atoms with Gasteiger partial charge in [0, 0.05) is 9.92 Å². The van der Waals surface area contributed by atoms with E-state index in [0.717, 1.165) is 14.9 Å². The van der Waals surface area contributed by atoms with Crippen LogP contribution in [0.2, 0.25) is 5.02 Å². The normalized spacial score (nSPS) is 11.1. The lowest BCUT2D eigenvalue weighted by Gasteiger charge is -2.26. The Balaban J connectivity index is 0.00000274. The van der Waals surface area contributed by atoms with Crippen molar-refractivity contribution < 1.29 is 24.0 Å². The SMILES string of the molecule is Cc1nc([P+](c2ccccc2)(c2ccccc2)c2ccccc2)c(Sc2ccc(Cl)cc2)s1.[I-]. The largest absolute Gasteiger partial charge is 1.00 e. The van der Waals surface area contributed by atoms with Gasteiger partial charge in [0.15, 0.2) is 7.26 Å². The highest BCUT2D eigenvalue weighted by atomic mass is 127. The molecule has 0 unspecified atom stereocenters. The van der Waals surface area contributed by atoms with E-state index < -0.39 is 7.26 Å². The van der Waals surface area contributed by atoms with E-state index in [1.807, 2.05) is 12.1 Å². The average molecular weight is 630 g/mol. The minimum absolute atomic E-state index is 0. The van der Waals surface area contributed by atoms with Gasteiger partial charge in [-0.1, -0.05) is 78.0 Å². The Labute approximate surface area is 232 Å². The highest BCUT2D eigenvalue weighted by Gasteiger charge is 2.51. The van der Waals surface area contributed by atoms with Gasteiger partial charge >= 0.3 is 0 Å². The molecule has 0 atom stereocenters. The Morgan fingerprint density at radius 1 is 0.676 bits per heavy atom. The molecule has 0 N–H and O–H groups in total. The van der Waals surface area contributed by atoms with E-state index in [9.17, 15) is 0 Å². The number of nitrogens with zero attached hydrogens (tertiary/aromatic N) is 1. The molecule has 34 heavy (non-hydrogen) atoms. The topological polar surface area (TPSA) is 12.9 Å². The van der Waals surface area contributed by atoms with Crippen molar-refractivity contribution in [1.29, 1.82) is 0 Å². The third kappa shape index (κ3) is 4.98. The summed E-state index contributed by atoms with van der Waals surface area (Å²) < 4.78 is 1.24. The van der Waals surface area contributed by atoms with E-state index in [1.54, 1.807) is 23.1 Å². The minimum Gasteiger partial charge on any atom is -1.00 e. The first-order chi connectivity index (χ1) is 16.2. The van der Waals surface area contributed by atoms with E-state index in [2.05, 4.69) is 110 Å². The van der Waals surface area contributed by atoms with E-state index in [0.29, 0.717) is 0 Å². The van der Waals surface area contributed by atoms with Crippen LogP contribution in [0.15, 0.2) is 124 Å². The lowest BCUT2D eigenvalue weighted by atomic mass is 10.4. The Morgan fingerprint density at radius 2 is 1.12 bits per heavy atom. The fourth-order valence-corrected chi connectivity index (χ4v) is 11.4. The lowest BCUT2D eigenvalue weighted by molar-refractivity contribution is -0.00000627. The number of rotatable bonds is 6. The first-order valence-electron chi connectivity index (χ1n) is 10.7. The molecule has 0 aliphatic rings. The van der Waals surface area contributed by atoms with Gasteiger partial charge in [-0.2, -0.15) is 0 Å². The van der Waals surface area contributed by atoms with Crippen LogP contribution in [0.5, 0.6) is 0 Å². The van der Waals surface area contributed by atoms with Gasteiger partial charge in [0.25, 0.3) is 0 Å². The Kier molecular flexibility index (Phi) is 8.49. The van der Waals surface area contributed by atoms with E-state index in [1.165, 1.54) is 25.6 Å². The van der Waals surface area contributed by atoms with Crippen LogP contribution in [0.25, 0.3) is 0 Å². The number of benzene rings is 4. The molecule has 0 bridgehead atoms. The molecule has 0 amide bonds. The van der Waals surface area contributed by atoms with Gasteiger partial charge in [-0.05, 0) is 67.6 Å². The summed E-state index contributed by atoms with van der Waals surface area (Å²) in [4.78, 5) is 6.41. The summed E-state index contributed by atoms with van der Waals surface area (Å²) in [5.41, 5.74) is 1.17. The number of aromatic nitrogens is 1. The lowest BCUT2D eigenvalue weighted by Crippen LogP contribution is -3.00. The van der Waals surface area contributed by atoms with Crippen molar-refractivity contribution >= 4 is 63.3 Å². The summed E-state index contributed by atoms with van der Waals surface area (Å²) in [7, 11) is -2.22. The summed E-state index contributed by atoms with van der Waals surface area (Å²) in [6.45, 7) is 2.11. The van der Waals surface area contributed by atoms with Gasteiger partial charge in [-0.3, -0.25) is 0 Å². The van der Waals surface area contributed by atoms with Crippen molar-refractivity contribution in [3.63, 3.8) is 0 Å². The molecule has 1 heterocycles. The van der Waals surface area contributed by atoms with E-state index in [-0.39, 0.29) is 24.0 Å². The molecule has 1 aromatic heterocycles. The van der Waals surface area contributed by atoms with Crippen LogP contribution >= 0.6 is 42.0 Å². The van der Waals surface area contributed by atoms with Crippen molar-refractivity contribution in [2.75, 3.05) is 0 Å². The molecular weight excluding hydrogens is 608 g/mol. The molecule has 0 fully saturated rings. The van der Waals surface area contributed by atoms with Crippen LogP contribution in [-0.4, -0.2) is 4.98 Å². The zero-order valence-electron chi connectivity index (χ0n) is 18.4. The number of hydrogen-bond donors (Lipinski definition) is 0. The summed E-state index contributed by atoms with van der Waals surface area (Å²) >= 11 is 9.70. The molecule has 0 saturated heterocycles. The van der Waals surface area contributed by atoms with Crippen LogP contribution in [-0.2, 0) is 0 Å². The molecule has 1 nitrogen and oxygen atoms in total. The monoisotopic (exact) mass is 629 g/mol. The molecule has 6 heteroatoms. The van der Waals surface area contributed by atoms with Crippen molar-refractivity contribution in [2.45, 2.75) is 16.0 Å². The Morgan fingerprint density at radius 3 is 1.56 bits per heavy atom. The van der Waals surface area contributed by atoms with Crippen LogP contribution in [0, 0.1) is 6.92 Å². The van der Waals surface area contributed by atoms with Gasteiger partial charge in [0.2, 0.25) is 5.44 Å². The predicted octanol–water partition coefficient (Wildman–Crippen LogP) is 3.88. The van der Waals surface area contributed by atoms with Gasteiger partial charge in [0.1, 0.15) is 20.1 Å². The smallest absolute Gasteiger partial charge is 0.223 e. The molecule has 170 valence electrons. The maximum absolute atomic E-state index is 6.15. The quantitative estimate of drug-likeness (QED) is 0.209. The summed E-state index contributed by atoms with van der Waals surface area (Å²) in [6, 6.07) is 40.7. The average Bonchev–Trinajstić information content (AvgIpc) is 3.23. The summed E-state index contributed by atoms with van der Waals surface area (Å²) in [5, 5.41) is 5.76. The predicted molar refractivity (Wildman–Crippen MR) is 147 cm³/mol. The van der Waals surface area contributed by atoms with Crippen LogP contribution in [0.3, 0.4) is 0 Å². The molecule has 5 rings (SSSR count). The summed E-state index contributed by atoms with van der Waals surface area (Å²) in [6.07, 6.45) is 0. The Hall–Kier alpha value is -1.69. The minimum atomic E-state index is -2.22. The zero-order valence-corrected chi connectivity index (χ0v) is 23.9. The van der Waals surface area contributed by atoms with Crippen molar-refractivity contribution in [3.8, 4) is 0 Å². The highest BCUT2D eigenvalue weighted by Crippen LogP contribution is 2.56. The molecule has 0 aliphatic heterocycles. The van der Waals surface area contributed by atoms with Crippen LogP contribution < -0.4 is 45.3 Å². The van der Waals surface area contributed by atoms with E-state index in [4.69, 9.17) is 16.6 Å². The fraction of sp³-hybridized carbons (Fsp3) is 0.0357. The van der Waals surface area contributed by atoms with Crippen molar-refractivity contribution in [3.05, 3.63) is 125 Å². The van der Waals surface area contributed by atoms with Gasteiger partial charge < -0.3 is 24.0 Å². The second kappa shape index (κ2) is 11.4. The van der Waals surface area contributed by atoms with Crippen molar-refractivity contribution in [2.24, 2.45) is 0 Å². The first kappa shape index (κ1) is 25.4. The van der Waals surface area contributed by atoms with Crippen LogP contribution in [0.1, 0.15) is 5.01 Å². The third-order valence-electron chi connectivity index (χ3n) is 5.46. The number of hydrogen-bond acceptors (Lipinski definition) is 3. The second-order valence-corrected chi connectivity index (χ2v) is 13.9. The van der Waals surface area contributed by atoms with Gasteiger partial charge in [-0.25, -0.2) is 4.98 Å². The molecule has 4 aromatic carbocycles. The zero-order chi connectivity index (χ0) is 22.7. The second-order valence-electron chi connectivity index (χ2n) is 7.58. The molecule has 0 radical (unpaired) electrons. The molecule has 5 aromatic rings. The first-order valence-corrected chi connectivity index (χ1v) is 14.5. The van der Waals surface area contributed by atoms with Crippen LogP contribution in [0.4, 0.5) is 0 Å². The fourth-order valence-electron chi connectivity index (χ4n) is 4.05.